The van der Waals surface area contributed by atoms with E-state index in [1.807, 2.05) is 20.8 Å². The highest BCUT2D eigenvalue weighted by Crippen LogP contribution is 2.24. The van der Waals surface area contributed by atoms with E-state index in [2.05, 4.69) is 4.72 Å². The van der Waals surface area contributed by atoms with E-state index >= 15 is 0 Å². The van der Waals surface area contributed by atoms with E-state index in [0.29, 0.717) is 25.9 Å². The predicted molar refractivity (Wildman–Crippen MR) is 75.9 cm³/mol. The molecule has 20 heavy (non-hydrogen) atoms. The van der Waals surface area contributed by atoms with Gasteiger partial charge in [-0.1, -0.05) is 0 Å². The minimum atomic E-state index is -3.23. The summed E-state index contributed by atoms with van der Waals surface area (Å²) in [5.41, 5.74) is -0.520. The van der Waals surface area contributed by atoms with E-state index in [1.54, 1.807) is 4.90 Å². The van der Waals surface area contributed by atoms with Crippen LogP contribution in [0.2, 0.25) is 0 Å². The van der Waals surface area contributed by atoms with Gasteiger partial charge in [-0.05, 0) is 46.5 Å². The molecule has 116 valence electrons. The lowest BCUT2D eigenvalue weighted by molar-refractivity contribution is 0.0217. The first kappa shape index (κ1) is 15.6. The van der Waals surface area contributed by atoms with Crippen LogP contribution in [0.3, 0.4) is 0 Å². The Balaban J connectivity index is 1.84. The first-order valence-corrected chi connectivity index (χ1v) is 8.71. The van der Waals surface area contributed by atoms with Gasteiger partial charge in [0.2, 0.25) is 10.0 Å². The van der Waals surface area contributed by atoms with Crippen LogP contribution in [0.15, 0.2) is 0 Å². The normalized spacial score (nSPS) is 21.9. The van der Waals surface area contributed by atoms with Crippen molar-refractivity contribution in [2.75, 3.05) is 13.1 Å². The molecule has 1 aliphatic carbocycles. The van der Waals surface area contributed by atoms with Crippen molar-refractivity contribution in [3.63, 3.8) is 0 Å². The third kappa shape index (κ3) is 4.34. The van der Waals surface area contributed by atoms with Gasteiger partial charge in [0.15, 0.2) is 0 Å². The molecule has 1 heterocycles. The molecule has 0 aromatic heterocycles. The highest BCUT2D eigenvalue weighted by Gasteiger charge is 2.36. The van der Waals surface area contributed by atoms with Crippen LogP contribution in [-0.2, 0) is 14.8 Å². The molecule has 0 unspecified atom stereocenters. The average molecular weight is 304 g/mol. The lowest BCUT2D eigenvalue weighted by Gasteiger charge is -2.33. The summed E-state index contributed by atoms with van der Waals surface area (Å²) in [6, 6.07) is 0.142. The van der Waals surface area contributed by atoms with Crippen molar-refractivity contribution in [1.82, 2.24) is 9.62 Å². The minimum Gasteiger partial charge on any atom is -0.444 e. The quantitative estimate of drug-likeness (QED) is 0.856. The maximum absolute atomic E-state index is 12.1. The Morgan fingerprint density at radius 3 is 2.15 bits per heavy atom. The Morgan fingerprint density at radius 1 is 1.15 bits per heavy atom. The van der Waals surface area contributed by atoms with E-state index < -0.39 is 15.6 Å². The summed E-state index contributed by atoms with van der Waals surface area (Å²) in [6.45, 7) is 6.33. The lowest BCUT2D eigenvalue weighted by atomic mass is 10.1. The SMILES string of the molecule is CC(C)(C)OC(=O)N1CCC(S(=O)(=O)NC2CC2)CC1. The third-order valence-corrected chi connectivity index (χ3v) is 5.45. The summed E-state index contributed by atoms with van der Waals surface area (Å²) < 4.78 is 32.2. The molecule has 1 amide bonds. The maximum atomic E-state index is 12.1. The maximum Gasteiger partial charge on any atom is 0.410 e. The van der Waals surface area contributed by atoms with Gasteiger partial charge < -0.3 is 9.64 Å². The molecular formula is C13H24N2O4S. The number of carbonyl (C=O) groups is 1. The molecule has 6 nitrogen and oxygen atoms in total. The summed E-state index contributed by atoms with van der Waals surface area (Å²) in [6.07, 6.45) is 2.47. The number of ether oxygens (including phenoxy) is 1. The average Bonchev–Trinajstić information content (AvgIpc) is 3.10. The zero-order valence-electron chi connectivity index (χ0n) is 12.4. The molecular weight excluding hydrogens is 280 g/mol. The third-order valence-electron chi connectivity index (χ3n) is 3.44. The smallest absolute Gasteiger partial charge is 0.410 e. The largest absolute Gasteiger partial charge is 0.444 e. The first-order chi connectivity index (χ1) is 9.17. The molecule has 0 atom stereocenters. The number of nitrogens with zero attached hydrogens (tertiary/aromatic N) is 1. The van der Waals surface area contributed by atoms with E-state index in [-0.39, 0.29) is 17.4 Å². The summed E-state index contributed by atoms with van der Waals surface area (Å²) in [5, 5.41) is -0.387. The zero-order valence-corrected chi connectivity index (χ0v) is 13.2. The summed E-state index contributed by atoms with van der Waals surface area (Å²) in [7, 11) is -3.23. The number of piperidine rings is 1. The number of carbonyl (C=O) groups excluding carboxylic acids is 1. The fraction of sp³-hybridized carbons (Fsp3) is 0.923. The number of nitrogens with one attached hydrogen (secondary N) is 1. The molecule has 0 radical (unpaired) electrons. The number of rotatable bonds is 3. The highest BCUT2D eigenvalue weighted by molar-refractivity contribution is 7.90. The Hall–Kier alpha value is -0.820. The van der Waals surface area contributed by atoms with Crippen LogP contribution in [-0.4, -0.2) is 49.4 Å². The molecule has 1 aliphatic heterocycles. The fourth-order valence-electron chi connectivity index (χ4n) is 2.20. The second-order valence-electron chi connectivity index (χ2n) is 6.60. The molecule has 2 fully saturated rings. The second kappa shape index (κ2) is 5.52. The van der Waals surface area contributed by atoms with Gasteiger partial charge in [0.1, 0.15) is 5.60 Å². The van der Waals surface area contributed by atoms with E-state index in [9.17, 15) is 13.2 Å². The number of amides is 1. The summed E-state index contributed by atoms with van der Waals surface area (Å²) in [5.74, 6) is 0. The van der Waals surface area contributed by atoms with Crippen LogP contribution in [0.1, 0.15) is 46.5 Å². The minimum absolute atomic E-state index is 0.142. The molecule has 2 aliphatic rings. The molecule has 0 spiro atoms. The highest BCUT2D eigenvalue weighted by atomic mass is 32.2. The lowest BCUT2D eigenvalue weighted by Crippen LogP contribution is -2.47. The Labute approximate surface area is 120 Å². The number of sulfonamides is 1. The van der Waals surface area contributed by atoms with Crippen molar-refractivity contribution >= 4 is 16.1 Å². The van der Waals surface area contributed by atoms with Crippen molar-refractivity contribution in [2.45, 2.75) is 63.3 Å². The molecule has 1 saturated heterocycles. The van der Waals surface area contributed by atoms with Crippen LogP contribution in [0.4, 0.5) is 4.79 Å². The van der Waals surface area contributed by atoms with Gasteiger partial charge in [0.05, 0.1) is 5.25 Å². The van der Waals surface area contributed by atoms with Crippen LogP contribution >= 0.6 is 0 Å². The predicted octanol–water partition coefficient (Wildman–Crippen LogP) is 1.47. The monoisotopic (exact) mass is 304 g/mol. The van der Waals surface area contributed by atoms with Gasteiger partial charge >= 0.3 is 6.09 Å². The van der Waals surface area contributed by atoms with Gasteiger partial charge in [0.25, 0.3) is 0 Å². The number of hydrogen-bond donors (Lipinski definition) is 1. The molecule has 7 heteroatoms. The number of likely N-dealkylation sites (tertiary alicyclic amines) is 1. The van der Waals surface area contributed by atoms with Crippen LogP contribution in [0.25, 0.3) is 0 Å². The van der Waals surface area contributed by atoms with Crippen LogP contribution < -0.4 is 4.72 Å². The zero-order chi connectivity index (χ0) is 15.0. The van der Waals surface area contributed by atoms with Crippen molar-refractivity contribution < 1.29 is 17.9 Å². The molecule has 2 rings (SSSR count). The topological polar surface area (TPSA) is 75.7 Å². The van der Waals surface area contributed by atoms with E-state index in [1.165, 1.54) is 0 Å². The van der Waals surface area contributed by atoms with Gasteiger partial charge in [-0.2, -0.15) is 0 Å². The Bertz CT molecular complexity index is 457. The molecule has 0 aromatic carbocycles. The van der Waals surface area contributed by atoms with Crippen molar-refractivity contribution in [2.24, 2.45) is 0 Å². The van der Waals surface area contributed by atoms with Crippen molar-refractivity contribution in [3.8, 4) is 0 Å². The molecule has 0 aromatic rings. The van der Waals surface area contributed by atoms with Crippen molar-refractivity contribution in [3.05, 3.63) is 0 Å². The first-order valence-electron chi connectivity index (χ1n) is 7.16. The fourth-order valence-corrected chi connectivity index (χ4v) is 3.93. The van der Waals surface area contributed by atoms with Gasteiger partial charge in [-0.3, -0.25) is 0 Å². The van der Waals surface area contributed by atoms with Crippen molar-refractivity contribution in [1.29, 1.82) is 0 Å². The standard InChI is InChI=1S/C13H24N2O4S/c1-13(2,3)19-12(16)15-8-6-11(7-9-15)20(17,18)14-10-4-5-10/h10-11,14H,4-9H2,1-3H3. The van der Waals surface area contributed by atoms with E-state index in [4.69, 9.17) is 4.74 Å². The van der Waals surface area contributed by atoms with Gasteiger partial charge in [-0.25, -0.2) is 17.9 Å². The number of hydrogen-bond acceptors (Lipinski definition) is 4. The summed E-state index contributed by atoms with van der Waals surface area (Å²) in [4.78, 5) is 13.5. The summed E-state index contributed by atoms with van der Waals surface area (Å²) >= 11 is 0. The van der Waals surface area contributed by atoms with E-state index in [0.717, 1.165) is 12.8 Å². The molecule has 0 bridgehead atoms. The molecule has 1 N–H and O–H groups in total. The van der Waals surface area contributed by atoms with Gasteiger partial charge in [0, 0.05) is 19.1 Å². The van der Waals surface area contributed by atoms with Crippen LogP contribution in [0.5, 0.6) is 0 Å². The van der Waals surface area contributed by atoms with Crippen LogP contribution in [0, 0.1) is 0 Å². The van der Waals surface area contributed by atoms with Gasteiger partial charge in [-0.15, -0.1) is 0 Å². The Morgan fingerprint density at radius 2 is 1.70 bits per heavy atom. The molecule has 1 saturated carbocycles. The second-order valence-corrected chi connectivity index (χ2v) is 8.60. The Kier molecular flexibility index (Phi) is 4.30.